The predicted molar refractivity (Wildman–Crippen MR) is 94.2 cm³/mol. The Bertz CT molecular complexity index is 909. The van der Waals surface area contributed by atoms with Crippen molar-refractivity contribution in [3.63, 3.8) is 0 Å². The number of nitrogens with one attached hydrogen (secondary N) is 2. The van der Waals surface area contributed by atoms with Gasteiger partial charge in [-0.2, -0.15) is 0 Å². The Morgan fingerprint density at radius 2 is 1.54 bits per heavy atom. The summed E-state index contributed by atoms with van der Waals surface area (Å²) < 4.78 is 52.9. The van der Waals surface area contributed by atoms with Gasteiger partial charge in [-0.25, -0.2) is 17.2 Å². The molecule has 2 aromatic rings. The van der Waals surface area contributed by atoms with Crippen molar-refractivity contribution in [3.8, 4) is 0 Å². The number of carbonyl (C=O) groups is 1. The number of halogens is 2. The molecule has 0 aliphatic heterocycles. The summed E-state index contributed by atoms with van der Waals surface area (Å²) in [5.74, 6) is -2.36. The Balaban J connectivity index is 1.68. The highest BCUT2D eigenvalue weighted by Crippen LogP contribution is 2.26. The molecular formula is C18H18F2N2O3S. The number of carbonyl (C=O) groups excluding carboxylic acids is 1. The Morgan fingerprint density at radius 1 is 0.923 bits per heavy atom. The first-order valence-electron chi connectivity index (χ1n) is 8.24. The first kappa shape index (κ1) is 18.3. The second-order valence-corrected chi connectivity index (χ2v) is 7.91. The molecule has 5 nitrogen and oxygen atoms in total. The summed E-state index contributed by atoms with van der Waals surface area (Å²) in [6.45, 7) is 0. The summed E-state index contributed by atoms with van der Waals surface area (Å²) in [6, 6.07) is 8.49. The molecule has 1 amide bonds. The largest absolute Gasteiger partial charge is 0.326 e. The lowest BCUT2D eigenvalue weighted by Crippen LogP contribution is -2.20. The topological polar surface area (TPSA) is 75.3 Å². The lowest BCUT2D eigenvalue weighted by atomic mass is 10.1. The summed E-state index contributed by atoms with van der Waals surface area (Å²) in [4.78, 5) is 11.7. The smallest absolute Gasteiger partial charge is 0.261 e. The van der Waals surface area contributed by atoms with Crippen molar-refractivity contribution in [2.75, 3.05) is 10.0 Å². The summed E-state index contributed by atoms with van der Waals surface area (Å²) in [6.07, 6.45) is 3.89. The summed E-state index contributed by atoms with van der Waals surface area (Å²) >= 11 is 0. The minimum Gasteiger partial charge on any atom is -0.326 e. The SMILES string of the molecule is O=C(Nc1ccc(NS(=O)(=O)c2ccc(F)c(F)c2)cc1)C1CCCC1. The van der Waals surface area contributed by atoms with Gasteiger partial charge in [0.15, 0.2) is 11.6 Å². The molecule has 2 N–H and O–H groups in total. The fraction of sp³-hybridized carbons (Fsp3) is 0.278. The van der Waals surface area contributed by atoms with E-state index in [1.54, 1.807) is 12.1 Å². The molecule has 1 saturated carbocycles. The average molecular weight is 380 g/mol. The van der Waals surface area contributed by atoms with Crippen molar-refractivity contribution in [2.45, 2.75) is 30.6 Å². The van der Waals surface area contributed by atoms with Gasteiger partial charge in [-0.1, -0.05) is 12.8 Å². The van der Waals surface area contributed by atoms with E-state index in [0.29, 0.717) is 11.8 Å². The van der Waals surface area contributed by atoms with Gasteiger partial charge in [0.1, 0.15) is 0 Å². The molecule has 1 fully saturated rings. The molecule has 8 heteroatoms. The third kappa shape index (κ3) is 4.19. The van der Waals surface area contributed by atoms with Crippen LogP contribution in [0.25, 0.3) is 0 Å². The van der Waals surface area contributed by atoms with Crippen molar-refractivity contribution in [3.05, 3.63) is 54.1 Å². The van der Waals surface area contributed by atoms with E-state index in [1.165, 1.54) is 12.1 Å². The molecule has 138 valence electrons. The highest BCUT2D eigenvalue weighted by Gasteiger charge is 2.22. The third-order valence-corrected chi connectivity index (χ3v) is 5.71. The molecule has 3 rings (SSSR count). The summed E-state index contributed by atoms with van der Waals surface area (Å²) in [7, 11) is -4.05. The van der Waals surface area contributed by atoms with Crippen LogP contribution < -0.4 is 10.0 Å². The van der Waals surface area contributed by atoms with Crippen LogP contribution in [0.1, 0.15) is 25.7 Å². The van der Waals surface area contributed by atoms with E-state index in [2.05, 4.69) is 10.0 Å². The highest BCUT2D eigenvalue weighted by molar-refractivity contribution is 7.92. The monoisotopic (exact) mass is 380 g/mol. The lowest BCUT2D eigenvalue weighted by Gasteiger charge is -2.12. The molecule has 26 heavy (non-hydrogen) atoms. The van der Waals surface area contributed by atoms with Crippen molar-refractivity contribution in [1.29, 1.82) is 0 Å². The van der Waals surface area contributed by atoms with Gasteiger partial charge < -0.3 is 5.32 Å². The summed E-state index contributed by atoms with van der Waals surface area (Å²) in [5, 5.41) is 2.81. The fourth-order valence-electron chi connectivity index (χ4n) is 2.91. The predicted octanol–water partition coefficient (Wildman–Crippen LogP) is 3.89. The molecule has 0 bridgehead atoms. The summed E-state index contributed by atoms with van der Waals surface area (Å²) in [5.41, 5.74) is 0.811. The number of sulfonamides is 1. The maximum absolute atomic E-state index is 13.2. The van der Waals surface area contributed by atoms with Crippen LogP contribution in [0.2, 0.25) is 0 Å². The van der Waals surface area contributed by atoms with Gasteiger partial charge in [-0.05, 0) is 55.3 Å². The minimum atomic E-state index is -4.05. The van der Waals surface area contributed by atoms with E-state index in [9.17, 15) is 22.0 Å². The maximum Gasteiger partial charge on any atom is 0.261 e. The molecule has 0 saturated heterocycles. The molecule has 0 unspecified atom stereocenters. The van der Waals surface area contributed by atoms with Crippen LogP contribution in [0.4, 0.5) is 20.2 Å². The van der Waals surface area contributed by atoms with E-state index in [4.69, 9.17) is 0 Å². The Labute approximate surface area is 150 Å². The molecule has 1 aliphatic rings. The van der Waals surface area contributed by atoms with Gasteiger partial charge in [-0.3, -0.25) is 9.52 Å². The first-order valence-corrected chi connectivity index (χ1v) is 9.72. The van der Waals surface area contributed by atoms with E-state index in [-0.39, 0.29) is 22.4 Å². The average Bonchev–Trinajstić information content (AvgIpc) is 3.13. The van der Waals surface area contributed by atoms with Crippen LogP contribution >= 0.6 is 0 Å². The van der Waals surface area contributed by atoms with Gasteiger partial charge in [0.25, 0.3) is 10.0 Å². The molecule has 0 radical (unpaired) electrons. The third-order valence-electron chi connectivity index (χ3n) is 4.33. The number of hydrogen-bond donors (Lipinski definition) is 2. The standard InChI is InChI=1S/C18H18F2N2O3S/c19-16-10-9-15(11-17(16)20)26(24,25)22-14-7-5-13(6-8-14)21-18(23)12-3-1-2-4-12/h5-12,22H,1-4H2,(H,21,23). The van der Waals surface area contributed by atoms with Crippen LogP contribution in [0.5, 0.6) is 0 Å². The zero-order valence-corrected chi connectivity index (χ0v) is 14.7. The van der Waals surface area contributed by atoms with Crippen molar-refractivity contribution >= 4 is 27.3 Å². The molecule has 0 atom stereocenters. The molecule has 0 aromatic heterocycles. The number of anilines is 2. The van der Waals surface area contributed by atoms with Crippen molar-refractivity contribution in [2.24, 2.45) is 5.92 Å². The van der Waals surface area contributed by atoms with Crippen LogP contribution in [-0.4, -0.2) is 14.3 Å². The Kier molecular flexibility index (Phi) is 5.22. The van der Waals surface area contributed by atoms with Crippen molar-refractivity contribution < 1.29 is 22.0 Å². The van der Waals surface area contributed by atoms with Crippen molar-refractivity contribution in [1.82, 2.24) is 0 Å². The number of benzene rings is 2. The number of hydrogen-bond acceptors (Lipinski definition) is 3. The van der Waals surface area contributed by atoms with Gasteiger partial charge in [-0.15, -0.1) is 0 Å². The maximum atomic E-state index is 13.2. The van der Waals surface area contributed by atoms with Crippen LogP contribution in [-0.2, 0) is 14.8 Å². The number of rotatable bonds is 5. The van der Waals surface area contributed by atoms with Gasteiger partial charge in [0, 0.05) is 17.3 Å². The molecule has 0 spiro atoms. The van der Waals surface area contributed by atoms with Crippen LogP contribution in [0, 0.1) is 17.6 Å². The van der Waals surface area contributed by atoms with Gasteiger partial charge >= 0.3 is 0 Å². The second kappa shape index (κ2) is 7.41. The zero-order chi connectivity index (χ0) is 18.7. The minimum absolute atomic E-state index is 0.0292. The molecular weight excluding hydrogens is 362 g/mol. The second-order valence-electron chi connectivity index (χ2n) is 6.23. The van der Waals surface area contributed by atoms with E-state index in [0.717, 1.165) is 37.8 Å². The first-order chi connectivity index (χ1) is 12.3. The van der Waals surface area contributed by atoms with Crippen LogP contribution in [0.15, 0.2) is 47.4 Å². The fourth-order valence-corrected chi connectivity index (χ4v) is 3.98. The normalized spacial score (nSPS) is 15.0. The quantitative estimate of drug-likeness (QED) is 0.826. The Morgan fingerprint density at radius 3 is 2.15 bits per heavy atom. The van der Waals surface area contributed by atoms with E-state index < -0.39 is 21.7 Å². The molecule has 0 heterocycles. The molecule has 2 aromatic carbocycles. The zero-order valence-electron chi connectivity index (χ0n) is 13.8. The van der Waals surface area contributed by atoms with E-state index >= 15 is 0 Å². The van der Waals surface area contributed by atoms with E-state index in [1.807, 2.05) is 0 Å². The highest BCUT2D eigenvalue weighted by atomic mass is 32.2. The lowest BCUT2D eigenvalue weighted by molar-refractivity contribution is -0.119. The van der Waals surface area contributed by atoms with Crippen LogP contribution in [0.3, 0.4) is 0 Å². The van der Waals surface area contributed by atoms with Gasteiger partial charge in [0.05, 0.1) is 4.90 Å². The molecule has 1 aliphatic carbocycles. The van der Waals surface area contributed by atoms with Gasteiger partial charge in [0.2, 0.25) is 5.91 Å². The Hall–Kier alpha value is -2.48. The number of amides is 1.